The molecule has 1 aromatic rings. The predicted molar refractivity (Wildman–Crippen MR) is 52.5 cm³/mol. The Hall–Kier alpha value is -1.58. The van der Waals surface area contributed by atoms with E-state index in [0.717, 1.165) is 6.54 Å². The van der Waals surface area contributed by atoms with Gasteiger partial charge in [0.05, 0.1) is 0 Å². The summed E-state index contributed by atoms with van der Waals surface area (Å²) in [6.07, 6.45) is 1.62. The Kier molecular flexibility index (Phi) is 5.27. The van der Waals surface area contributed by atoms with E-state index in [1.54, 1.807) is 24.0 Å². The number of carbonyl (C=O) groups is 1. The molecule has 4 heteroatoms. The van der Waals surface area contributed by atoms with Crippen molar-refractivity contribution in [3.8, 4) is 0 Å². The molecule has 1 N–H and O–H groups in total. The zero-order valence-electron chi connectivity index (χ0n) is 8.08. The van der Waals surface area contributed by atoms with Crippen molar-refractivity contribution < 1.29 is 4.79 Å². The van der Waals surface area contributed by atoms with Crippen LogP contribution in [0.3, 0.4) is 0 Å². The smallest absolute Gasteiger partial charge is 0.269 e. The largest absolute Gasteiger partial charge is 0.354 e. The summed E-state index contributed by atoms with van der Waals surface area (Å²) in [5, 5.41) is 6.50. The highest BCUT2D eigenvalue weighted by atomic mass is 16.1. The molecule has 0 saturated carbocycles. The summed E-state index contributed by atoms with van der Waals surface area (Å²) in [6.45, 7) is 8.66. The summed E-state index contributed by atoms with van der Waals surface area (Å²) in [5.74, 6) is -0.0932. The standard InChI is InChI=1S/C7H11N3O.C2H4/c1-3-10-6(4-5-9-10)7(11)8-2;1-2/h4-5H,3H2,1-2H3,(H,8,11);1-2H2. The number of amides is 1. The van der Waals surface area contributed by atoms with Crippen LogP contribution < -0.4 is 5.32 Å². The minimum atomic E-state index is -0.0932. The Morgan fingerprint density at radius 3 is 2.77 bits per heavy atom. The number of aromatic nitrogens is 2. The van der Waals surface area contributed by atoms with E-state index in [1.165, 1.54) is 0 Å². The summed E-state index contributed by atoms with van der Waals surface area (Å²) in [4.78, 5) is 11.1. The Morgan fingerprint density at radius 2 is 2.31 bits per heavy atom. The van der Waals surface area contributed by atoms with E-state index >= 15 is 0 Å². The predicted octanol–water partition coefficient (Wildman–Crippen LogP) is 1.06. The summed E-state index contributed by atoms with van der Waals surface area (Å²) in [7, 11) is 1.61. The third-order valence-electron chi connectivity index (χ3n) is 1.48. The van der Waals surface area contributed by atoms with Gasteiger partial charge >= 0.3 is 0 Å². The molecular formula is C9H15N3O. The van der Waals surface area contributed by atoms with Crippen molar-refractivity contribution in [1.29, 1.82) is 0 Å². The van der Waals surface area contributed by atoms with Crippen molar-refractivity contribution in [2.75, 3.05) is 7.05 Å². The highest BCUT2D eigenvalue weighted by Gasteiger charge is 2.07. The number of aryl methyl sites for hydroxylation is 1. The fourth-order valence-electron chi connectivity index (χ4n) is 0.906. The molecule has 0 aliphatic carbocycles. The zero-order chi connectivity index (χ0) is 10.3. The molecule has 0 saturated heterocycles. The second-order valence-electron chi connectivity index (χ2n) is 2.11. The van der Waals surface area contributed by atoms with Gasteiger partial charge in [-0.15, -0.1) is 13.2 Å². The van der Waals surface area contributed by atoms with E-state index in [2.05, 4.69) is 23.6 Å². The van der Waals surface area contributed by atoms with Gasteiger partial charge in [-0.1, -0.05) is 0 Å². The van der Waals surface area contributed by atoms with Crippen molar-refractivity contribution >= 4 is 5.91 Å². The second-order valence-corrected chi connectivity index (χ2v) is 2.11. The van der Waals surface area contributed by atoms with Gasteiger partial charge in [-0.2, -0.15) is 5.10 Å². The lowest BCUT2D eigenvalue weighted by molar-refractivity contribution is 0.0952. The van der Waals surface area contributed by atoms with E-state index in [4.69, 9.17) is 0 Å². The normalized spacial score (nSPS) is 8.46. The maximum atomic E-state index is 11.1. The summed E-state index contributed by atoms with van der Waals surface area (Å²) in [5.41, 5.74) is 0.606. The number of hydrogen-bond donors (Lipinski definition) is 1. The van der Waals surface area contributed by atoms with Gasteiger partial charge in [0.1, 0.15) is 5.69 Å². The molecule has 0 fully saturated rings. The lowest BCUT2D eigenvalue weighted by Crippen LogP contribution is -2.21. The highest BCUT2D eigenvalue weighted by molar-refractivity contribution is 5.92. The van der Waals surface area contributed by atoms with E-state index in [0.29, 0.717) is 5.69 Å². The molecule has 72 valence electrons. The molecule has 4 nitrogen and oxygen atoms in total. The zero-order valence-corrected chi connectivity index (χ0v) is 8.08. The van der Waals surface area contributed by atoms with Crippen LogP contribution in [-0.4, -0.2) is 22.7 Å². The highest BCUT2D eigenvalue weighted by Crippen LogP contribution is 1.97. The third kappa shape index (κ3) is 2.74. The molecule has 13 heavy (non-hydrogen) atoms. The number of nitrogens with zero attached hydrogens (tertiary/aromatic N) is 2. The first kappa shape index (κ1) is 11.4. The van der Waals surface area contributed by atoms with Crippen molar-refractivity contribution in [1.82, 2.24) is 15.1 Å². The van der Waals surface area contributed by atoms with Crippen LogP contribution in [0.5, 0.6) is 0 Å². The monoisotopic (exact) mass is 181 g/mol. The Bertz CT molecular complexity index is 268. The lowest BCUT2D eigenvalue weighted by Gasteiger charge is -2.01. The van der Waals surface area contributed by atoms with Gasteiger partial charge in [0, 0.05) is 19.8 Å². The molecule has 1 amide bonds. The van der Waals surface area contributed by atoms with Gasteiger partial charge in [0.15, 0.2) is 0 Å². The number of carbonyl (C=O) groups excluding carboxylic acids is 1. The van der Waals surface area contributed by atoms with Crippen LogP contribution in [0.15, 0.2) is 25.4 Å². The molecule has 0 aliphatic rings. The fourth-order valence-corrected chi connectivity index (χ4v) is 0.906. The molecular weight excluding hydrogens is 166 g/mol. The topological polar surface area (TPSA) is 46.9 Å². The van der Waals surface area contributed by atoms with Crippen molar-refractivity contribution in [2.24, 2.45) is 0 Å². The average Bonchev–Trinajstić information content (AvgIpc) is 2.67. The van der Waals surface area contributed by atoms with Crippen LogP contribution in [0, 0.1) is 0 Å². The first-order valence-corrected chi connectivity index (χ1v) is 4.03. The van der Waals surface area contributed by atoms with E-state index in [9.17, 15) is 4.79 Å². The Balaban J connectivity index is 0.000000671. The van der Waals surface area contributed by atoms with Crippen LogP contribution in [0.2, 0.25) is 0 Å². The molecule has 0 unspecified atom stereocenters. The van der Waals surface area contributed by atoms with Crippen molar-refractivity contribution in [3.05, 3.63) is 31.1 Å². The first-order valence-electron chi connectivity index (χ1n) is 4.03. The summed E-state index contributed by atoms with van der Waals surface area (Å²) in [6, 6.07) is 1.70. The SMILES string of the molecule is C=C.CCn1nccc1C(=O)NC. The molecule has 1 rings (SSSR count). The molecule has 1 aromatic heterocycles. The van der Waals surface area contributed by atoms with Crippen LogP contribution in [0.25, 0.3) is 0 Å². The van der Waals surface area contributed by atoms with Crippen LogP contribution in [-0.2, 0) is 6.54 Å². The van der Waals surface area contributed by atoms with E-state index in [-0.39, 0.29) is 5.91 Å². The molecule has 0 bridgehead atoms. The minimum Gasteiger partial charge on any atom is -0.354 e. The summed E-state index contributed by atoms with van der Waals surface area (Å²) >= 11 is 0. The van der Waals surface area contributed by atoms with Gasteiger partial charge in [-0.05, 0) is 13.0 Å². The van der Waals surface area contributed by atoms with E-state index < -0.39 is 0 Å². The Morgan fingerprint density at radius 1 is 1.69 bits per heavy atom. The van der Waals surface area contributed by atoms with Crippen LogP contribution >= 0.6 is 0 Å². The number of rotatable bonds is 2. The quantitative estimate of drug-likeness (QED) is 0.693. The first-order chi connectivity index (χ1) is 6.29. The van der Waals surface area contributed by atoms with Gasteiger partial charge in [-0.25, -0.2) is 0 Å². The lowest BCUT2D eigenvalue weighted by atomic mass is 10.4. The van der Waals surface area contributed by atoms with Gasteiger partial charge in [0.2, 0.25) is 0 Å². The van der Waals surface area contributed by atoms with Gasteiger partial charge in [0.25, 0.3) is 5.91 Å². The van der Waals surface area contributed by atoms with Crippen LogP contribution in [0.1, 0.15) is 17.4 Å². The fraction of sp³-hybridized carbons (Fsp3) is 0.333. The molecule has 0 atom stereocenters. The molecule has 0 aliphatic heterocycles. The van der Waals surface area contributed by atoms with Gasteiger partial charge in [-0.3, -0.25) is 9.48 Å². The molecule has 0 spiro atoms. The second kappa shape index (κ2) is 5.99. The number of hydrogen-bond acceptors (Lipinski definition) is 2. The van der Waals surface area contributed by atoms with Crippen LogP contribution in [0.4, 0.5) is 0 Å². The minimum absolute atomic E-state index is 0.0932. The molecule has 0 aromatic carbocycles. The summed E-state index contributed by atoms with van der Waals surface area (Å²) < 4.78 is 1.65. The van der Waals surface area contributed by atoms with Crippen molar-refractivity contribution in [2.45, 2.75) is 13.5 Å². The maximum Gasteiger partial charge on any atom is 0.269 e. The maximum absolute atomic E-state index is 11.1. The third-order valence-corrected chi connectivity index (χ3v) is 1.48. The van der Waals surface area contributed by atoms with Crippen molar-refractivity contribution in [3.63, 3.8) is 0 Å². The number of nitrogens with one attached hydrogen (secondary N) is 1. The average molecular weight is 181 g/mol. The molecule has 0 radical (unpaired) electrons. The molecule has 1 heterocycles. The van der Waals surface area contributed by atoms with E-state index in [1.807, 2.05) is 6.92 Å². The van der Waals surface area contributed by atoms with Gasteiger partial charge < -0.3 is 5.32 Å². The Labute approximate surface area is 78.3 Å².